The van der Waals surface area contributed by atoms with E-state index in [1.807, 2.05) is 6.92 Å². The van der Waals surface area contributed by atoms with Gasteiger partial charge in [-0.05, 0) is 6.42 Å². The van der Waals surface area contributed by atoms with E-state index in [1.165, 1.54) is 0 Å². The summed E-state index contributed by atoms with van der Waals surface area (Å²) in [6.45, 7) is 2.79. The van der Waals surface area contributed by atoms with Crippen LogP contribution in [0.1, 0.15) is 13.3 Å². The van der Waals surface area contributed by atoms with E-state index in [-0.39, 0.29) is 11.5 Å². The number of aryl methyl sites for hydroxylation is 1. The maximum atomic E-state index is 11.5. The number of rotatable bonds is 2. The monoisotopic (exact) mass is 193 g/mol. The van der Waals surface area contributed by atoms with Crippen molar-refractivity contribution in [3.05, 3.63) is 16.7 Å². The number of hydrogen-bond acceptors (Lipinski definition) is 4. The molecule has 2 aromatic rings. The number of anilines is 1. The molecule has 6 nitrogen and oxygen atoms in total. The Kier molecular flexibility index (Phi) is 1.95. The maximum absolute atomic E-state index is 11.5. The first kappa shape index (κ1) is 8.74. The van der Waals surface area contributed by atoms with E-state index < -0.39 is 0 Å². The summed E-state index contributed by atoms with van der Waals surface area (Å²) in [6.07, 6.45) is 2.55. The van der Waals surface area contributed by atoms with Crippen LogP contribution in [0.5, 0.6) is 0 Å². The largest absolute Gasteiger partial charge is 0.369 e. The summed E-state index contributed by atoms with van der Waals surface area (Å²) in [5.41, 5.74) is 6.04. The van der Waals surface area contributed by atoms with Gasteiger partial charge in [-0.25, -0.2) is 4.98 Å². The lowest BCUT2D eigenvalue weighted by Gasteiger charge is -1.99. The molecule has 2 heterocycles. The number of imidazole rings is 1. The highest BCUT2D eigenvalue weighted by Gasteiger charge is 2.07. The van der Waals surface area contributed by atoms with Crippen molar-refractivity contribution in [3.63, 3.8) is 0 Å². The summed E-state index contributed by atoms with van der Waals surface area (Å²) in [6, 6.07) is 0. The van der Waals surface area contributed by atoms with Crippen LogP contribution < -0.4 is 11.3 Å². The Morgan fingerprint density at radius 3 is 3.14 bits per heavy atom. The highest BCUT2D eigenvalue weighted by molar-refractivity contribution is 5.70. The van der Waals surface area contributed by atoms with E-state index >= 15 is 0 Å². The Hall–Kier alpha value is -1.85. The lowest BCUT2D eigenvalue weighted by Crippen LogP contribution is -2.14. The molecule has 0 amide bonds. The van der Waals surface area contributed by atoms with E-state index in [0.717, 1.165) is 13.0 Å². The summed E-state index contributed by atoms with van der Waals surface area (Å²) in [5, 5.41) is 0. The first-order chi connectivity index (χ1) is 6.72. The SMILES string of the molecule is CCCn1cnc2nc(N)[nH]c(=O)c21. The predicted molar refractivity (Wildman–Crippen MR) is 52.9 cm³/mol. The van der Waals surface area contributed by atoms with Crippen LogP contribution in [0.4, 0.5) is 5.95 Å². The summed E-state index contributed by atoms with van der Waals surface area (Å²) < 4.78 is 1.78. The molecule has 0 aliphatic heterocycles. The number of aromatic nitrogens is 4. The third-order valence-corrected chi connectivity index (χ3v) is 1.97. The van der Waals surface area contributed by atoms with Crippen molar-refractivity contribution in [2.24, 2.45) is 0 Å². The molecule has 0 radical (unpaired) electrons. The molecule has 0 aromatic carbocycles. The van der Waals surface area contributed by atoms with Gasteiger partial charge < -0.3 is 10.3 Å². The highest BCUT2D eigenvalue weighted by atomic mass is 16.1. The molecule has 2 aromatic heterocycles. The van der Waals surface area contributed by atoms with Crippen LogP contribution in [0.25, 0.3) is 11.2 Å². The van der Waals surface area contributed by atoms with Gasteiger partial charge >= 0.3 is 0 Å². The fourth-order valence-corrected chi connectivity index (χ4v) is 1.41. The minimum atomic E-state index is -0.238. The highest BCUT2D eigenvalue weighted by Crippen LogP contribution is 2.05. The first-order valence-electron chi connectivity index (χ1n) is 4.43. The van der Waals surface area contributed by atoms with E-state index in [1.54, 1.807) is 10.9 Å². The van der Waals surface area contributed by atoms with Crippen LogP contribution in [0.15, 0.2) is 11.1 Å². The summed E-state index contributed by atoms with van der Waals surface area (Å²) in [7, 11) is 0. The van der Waals surface area contributed by atoms with Gasteiger partial charge in [0.05, 0.1) is 6.33 Å². The molecule has 0 saturated carbocycles. The van der Waals surface area contributed by atoms with Crippen LogP contribution in [0, 0.1) is 0 Å². The van der Waals surface area contributed by atoms with Gasteiger partial charge in [0, 0.05) is 6.54 Å². The second-order valence-corrected chi connectivity index (χ2v) is 3.06. The van der Waals surface area contributed by atoms with Gasteiger partial charge in [0.2, 0.25) is 5.95 Å². The van der Waals surface area contributed by atoms with E-state index in [4.69, 9.17) is 5.73 Å². The first-order valence-corrected chi connectivity index (χ1v) is 4.43. The average molecular weight is 193 g/mol. The number of nitrogen functional groups attached to an aromatic ring is 1. The number of nitrogens with zero attached hydrogens (tertiary/aromatic N) is 3. The number of nitrogens with one attached hydrogen (secondary N) is 1. The maximum Gasteiger partial charge on any atom is 0.278 e. The zero-order chi connectivity index (χ0) is 10.1. The molecule has 74 valence electrons. The third-order valence-electron chi connectivity index (χ3n) is 1.97. The van der Waals surface area contributed by atoms with E-state index in [0.29, 0.717) is 11.2 Å². The van der Waals surface area contributed by atoms with Gasteiger partial charge in [0.25, 0.3) is 5.56 Å². The Morgan fingerprint density at radius 2 is 2.43 bits per heavy atom. The molecular weight excluding hydrogens is 182 g/mol. The molecule has 14 heavy (non-hydrogen) atoms. The Bertz CT molecular complexity index is 512. The Balaban J connectivity index is 2.73. The molecule has 0 atom stereocenters. The lowest BCUT2D eigenvalue weighted by molar-refractivity contribution is 0.695. The molecule has 0 unspecified atom stereocenters. The molecule has 0 saturated heterocycles. The normalized spacial score (nSPS) is 10.9. The lowest BCUT2D eigenvalue weighted by atomic mass is 10.4. The van der Waals surface area contributed by atoms with Crippen LogP contribution in [0.3, 0.4) is 0 Å². The number of H-pyrrole nitrogens is 1. The van der Waals surface area contributed by atoms with Gasteiger partial charge in [0.1, 0.15) is 0 Å². The van der Waals surface area contributed by atoms with Crippen LogP contribution >= 0.6 is 0 Å². The van der Waals surface area contributed by atoms with Crippen molar-refractivity contribution in [2.45, 2.75) is 19.9 Å². The zero-order valence-electron chi connectivity index (χ0n) is 7.82. The summed E-state index contributed by atoms with van der Waals surface area (Å²) in [5.74, 6) is 0.101. The van der Waals surface area contributed by atoms with Gasteiger partial charge in [-0.3, -0.25) is 9.78 Å². The third kappa shape index (κ3) is 1.24. The van der Waals surface area contributed by atoms with E-state index in [9.17, 15) is 4.79 Å². The van der Waals surface area contributed by atoms with Gasteiger partial charge in [-0.1, -0.05) is 6.92 Å². The van der Waals surface area contributed by atoms with Crippen molar-refractivity contribution in [3.8, 4) is 0 Å². The molecule has 0 spiro atoms. The molecule has 2 rings (SSSR count). The Labute approximate surface area is 79.8 Å². The van der Waals surface area contributed by atoms with Gasteiger partial charge in [-0.2, -0.15) is 4.98 Å². The fraction of sp³-hybridized carbons (Fsp3) is 0.375. The molecular formula is C8H11N5O. The number of aromatic amines is 1. The minimum absolute atomic E-state index is 0.101. The summed E-state index contributed by atoms with van der Waals surface area (Å²) in [4.78, 5) is 21.9. The van der Waals surface area contributed by atoms with Crippen LogP contribution in [-0.2, 0) is 6.54 Å². The van der Waals surface area contributed by atoms with Crippen molar-refractivity contribution < 1.29 is 0 Å². The van der Waals surface area contributed by atoms with Crippen molar-refractivity contribution in [1.82, 2.24) is 19.5 Å². The molecule has 6 heteroatoms. The number of fused-ring (bicyclic) bond motifs is 1. The second kappa shape index (κ2) is 3.13. The van der Waals surface area contributed by atoms with E-state index in [2.05, 4.69) is 15.0 Å². The Morgan fingerprint density at radius 1 is 1.64 bits per heavy atom. The second-order valence-electron chi connectivity index (χ2n) is 3.06. The van der Waals surface area contributed by atoms with Crippen molar-refractivity contribution in [1.29, 1.82) is 0 Å². The van der Waals surface area contributed by atoms with Crippen molar-refractivity contribution >= 4 is 17.1 Å². The van der Waals surface area contributed by atoms with Crippen LogP contribution in [0.2, 0.25) is 0 Å². The molecule has 0 aliphatic rings. The predicted octanol–water partition coefficient (Wildman–Crippen LogP) is 0.112. The molecule has 0 fully saturated rings. The quantitative estimate of drug-likeness (QED) is 0.708. The molecule has 0 bridgehead atoms. The minimum Gasteiger partial charge on any atom is -0.369 e. The fourth-order valence-electron chi connectivity index (χ4n) is 1.41. The summed E-state index contributed by atoms with van der Waals surface area (Å²) >= 11 is 0. The zero-order valence-corrected chi connectivity index (χ0v) is 7.82. The topological polar surface area (TPSA) is 89.6 Å². The van der Waals surface area contributed by atoms with Gasteiger partial charge in [-0.15, -0.1) is 0 Å². The van der Waals surface area contributed by atoms with Crippen LogP contribution in [-0.4, -0.2) is 19.5 Å². The standard InChI is InChI=1S/C8H11N5O/c1-2-3-13-4-10-6-5(13)7(14)12-8(9)11-6/h4H,2-3H2,1H3,(H3,9,11,12,14). The molecule has 3 N–H and O–H groups in total. The smallest absolute Gasteiger partial charge is 0.278 e. The number of nitrogens with two attached hydrogens (primary N) is 1. The van der Waals surface area contributed by atoms with Gasteiger partial charge in [0.15, 0.2) is 11.2 Å². The molecule has 0 aliphatic carbocycles. The average Bonchev–Trinajstić information content (AvgIpc) is 2.49. The van der Waals surface area contributed by atoms with Crippen molar-refractivity contribution in [2.75, 3.05) is 5.73 Å². The number of hydrogen-bond donors (Lipinski definition) is 2.